The smallest absolute Gasteiger partial charge is 0.435 e. The SMILES string of the molecule is CCn1cc(-c2cc(Cn3ccnc3C3CC3)cc(C=O)c2CCN(C)C(C)c2cc(OC)ccn2)c(C(F)(F)F)n1. The second kappa shape index (κ2) is 12.1. The van der Waals surface area contributed by atoms with Gasteiger partial charge in [0.15, 0.2) is 5.69 Å². The van der Waals surface area contributed by atoms with Crippen LogP contribution >= 0.6 is 0 Å². The third-order valence-electron chi connectivity index (χ3n) is 7.95. The quantitative estimate of drug-likeness (QED) is 0.187. The molecule has 1 aliphatic carbocycles. The van der Waals surface area contributed by atoms with E-state index in [1.165, 1.54) is 10.9 Å². The van der Waals surface area contributed by atoms with E-state index < -0.39 is 11.9 Å². The van der Waals surface area contributed by atoms with Crippen LogP contribution < -0.4 is 4.74 Å². The molecule has 8 nitrogen and oxygen atoms in total. The summed E-state index contributed by atoms with van der Waals surface area (Å²) in [5.74, 6) is 2.06. The van der Waals surface area contributed by atoms with Gasteiger partial charge in [-0.25, -0.2) is 4.98 Å². The van der Waals surface area contributed by atoms with Crippen LogP contribution in [-0.4, -0.2) is 56.2 Å². The van der Waals surface area contributed by atoms with Crippen molar-refractivity contribution in [3.8, 4) is 16.9 Å². The fourth-order valence-electron chi connectivity index (χ4n) is 5.31. The number of hydrogen-bond donors (Lipinski definition) is 0. The van der Waals surface area contributed by atoms with E-state index in [4.69, 9.17) is 4.74 Å². The first-order valence-electron chi connectivity index (χ1n) is 14.1. The summed E-state index contributed by atoms with van der Waals surface area (Å²) in [6, 6.07) is 7.09. The van der Waals surface area contributed by atoms with Crippen LogP contribution in [0.25, 0.3) is 11.1 Å². The van der Waals surface area contributed by atoms with Gasteiger partial charge >= 0.3 is 6.18 Å². The van der Waals surface area contributed by atoms with E-state index in [0.717, 1.165) is 36.2 Å². The van der Waals surface area contributed by atoms with Gasteiger partial charge in [-0.15, -0.1) is 0 Å². The number of imidazole rings is 1. The highest BCUT2D eigenvalue weighted by molar-refractivity contribution is 5.84. The molecule has 1 atom stereocenters. The maximum atomic E-state index is 14.2. The molecule has 1 unspecified atom stereocenters. The molecule has 3 heterocycles. The molecule has 11 heteroatoms. The average molecular weight is 581 g/mol. The zero-order chi connectivity index (χ0) is 30.0. The first-order valence-corrected chi connectivity index (χ1v) is 14.1. The minimum Gasteiger partial charge on any atom is -0.497 e. The highest BCUT2D eigenvalue weighted by atomic mass is 19.4. The summed E-state index contributed by atoms with van der Waals surface area (Å²) < 4.78 is 51.4. The zero-order valence-corrected chi connectivity index (χ0v) is 24.2. The van der Waals surface area contributed by atoms with Gasteiger partial charge in [0.2, 0.25) is 0 Å². The standard InChI is InChI=1S/C31H35F3N6O2/c1-5-40-18-27(29(37-40)31(32,33)34)26-15-21(17-39-13-11-36-30(39)22-6-7-22)14-23(19-41)25(26)9-12-38(3)20(2)28-16-24(42-4)8-10-35-28/h8,10-11,13-16,18-20,22H,5-7,9,12,17H2,1-4H3. The van der Waals surface area contributed by atoms with Crippen molar-refractivity contribution in [2.24, 2.45) is 0 Å². The molecule has 42 heavy (non-hydrogen) atoms. The number of carbonyl (C=O) groups is 1. The number of alkyl halides is 3. The lowest BCUT2D eigenvalue weighted by Crippen LogP contribution is -2.26. The third-order valence-corrected chi connectivity index (χ3v) is 7.95. The number of benzene rings is 1. The van der Waals surface area contributed by atoms with Crippen molar-refractivity contribution in [1.82, 2.24) is 29.2 Å². The molecule has 0 saturated heterocycles. The molecule has 0 bridgehead atoms. The maximum Gasteiger partial charge on any atom is 0.435 e. The molecule has 3 aromatic heterocycles. The van der Waals surface area contributed by atoms with Gasteiger partial charge in [0.25, 0.3) is 0 Å². The monoisotopic (exact) mass is 580 g/mol. The van der Waals surface area contributed by atoms with E-state index in [1.54, 1.807) is 44.6 Å². The molecule has 5 rings (SSSR count). The van der Waals surface area contributed by atoms with Gasteiger partial charge in [-0.2, -0.15) is 18.3 Å². The lowest BCUT2D eigenvalue weighted by molar-refractivity contribution is -0.141. The average Bonchev–Trinajstić information content (AvgIpc) is 3.55. The van der Waals surface area contributed by atoms with E-state index >= 15 is 0 Å². The number of likely N-dealkylation sites (N-methyl/N-ethyl adjacent to an activating group) is 1. The number of aromatic nitrogens is 5. The normalized spacial score (nSPS) is 14.4. The highest BCUT2D eigenvalue weighted by Gasteiger charge is 2.38. The zero-order valence-electron chi connectivity index (χ0n) is 24.2. The predicted octanol–water partition coefficient (Wildman–Crippen LogP) is 6.16. The van der Waals surface area contributed by atoms with Crippen LogP contribution in [0.4, 0.5) is 13.2 Å². The number of hydrogen-bond acceptors (Lipinski definition) is 6. The van der Waals surface area contributed by atoms with Gasteiger partial charge in [-0.3, -0.25) is 19.4 Å². The van der Waals surface area contributed by atoms with E-state index in [1.807, 2.05) is 30.8 Å². The Hall–Kier alpha value is -3.99. The van der Waals surface area contributed by atoms with Crippen LogP contribution in [0.2, 0.25) is 0 Å². The molecule has 1 fully saturated rings. The summed E-state index contributed by atoms with van der Waals surface area (Å²) in [5, 5.41) is 3.86. The van der Waals surface area contributed by atoms with Crippen molar-refractivity contribution >= 4 is 6.29 Å². The van der Waals surface area contributed by atoms with Crippen LogP contribution in [0.15, 0.2) is 49.1 Å². The summed E-state index contributed by atoms with van der Waals surface area (Å²) in [6.07, 6.45) is 5.30. The Morgan fingerprint density at radius 2 is 1.95 bits per heavy atom. The van der Waals surface area contributed by atoms with Crippen LogP contribution in [-0.2, 0) is 25.7 Å². The van der Waals surface area contributed by atoms with E-state index in [2.05, 4.69) is 20.0 Å². The molecule has 1 saturated carbocycles. The van der Waals surface area contributed by atoms with Crippen molar-refractivity contribution in [1.29, 1.82) is 0 Å². The van der Waals surface area contributed by atoms with Crippen LogP contribution in [0.5, 0.6) is 5.75 Å². The predicted molar refractivity (Wildman–Crippen MR) is 153 cm³/mol. The number of halogens is 3. The van der Waals surface area contributed by atoms with Gasteiger partial charge in [0.1, 0.15) is 17.9 Å². The molecule has 0 aliphatic heterocycles. The Morgan fingerprint density at radius 3 is 2.62 bits per heavy atom. The molecule has 0 spiro atoms. The second-order valence-electron chi connectivity index (χ2n) is 10.8. The van der Waals surface area contributed by atoms with Gasteiger partial charge in [-0.05, 0) is 75.0 Å². The first kappa shape index (κ1) is 29.5. The highest BCUT2D eigenvalue weighted by Crippen LogP contribution is 2.41. The maximum absolute atomic E-state index is 14.2. The lowest BCUT2D eigenvalue weighted by atomic mass is 9.91. The van der Waals surface area contributed by atoms with Crippen molar-refractivity contribution in [2.75, 3.05) is 20.7 Å². The molecule has 1 aliphatic rings. The first-order chi connectivity index (χ1) is 20.1. The molecular formula is C31H35F3N6O2. The van der Waals surface area contributed by atoms with Gasteiger partial charge in [0, 0.05) is 73.6 Å². The minimum absolute atomic E-state index is 0.0255. The van der Waals surface area contributed by atoms with E-state index in [9.17, 15) is 18.0 Å². The number of aldehydes is 1. The Balaban J connectivity index is 1.54. The number of carbonyl (C=O) groups excluding carboxylic acids is 1. The van der Waals surface area contributed by atoms with E-state index in [-0.39, 0.29) is 18.2 Å². The Kier molecular flexibility index (Phi) is 8.49. The molecule has 0 N–H and O–H groups in total. The Morgan fingerprint density at radius 1 is 1.17 bits per heavy atom. The van der Waals surface area contributed by atoms with E-state index in [0.29, 0.717) is 47.9 Å². The molecule has 1 aromatic carbocycles. The Bertz CT molecular complexity index is 1560. The fourth-order valence-corrected chi connectivity index (χ4v) is 5.31. The number of aryl methyl sites for hydroxylation is 1. The van der Waals surface area contributed by atoms with Crippen molar-refractivity contribution in [2.45, 2.75) is 64.3 Å². The second-order valence-corrected chi connectivity index (χ2v) is 10.8. The number of methoxy groups -OCH3 is 1. The van der Waals surface area contributed by atoms with Crippen molar-refractivity contribution in [3.05, 3.63) is 83.0 Å². The summed E-state index contributed by atoms with van der Waals surface area (Å²) in [5.41, 5.74) is 1.85. The van der Waals surface area contributed by atoms with Crippen molar-refractivity contribution in [3.63, 3.8) is 0 Å². The summed E-state index contributed by atoms with van der Waals surface area (Å²) >= 11 is 0. The Labute approximate surface area is 243 Å². The van der Waals surface area contributed by atoms with Crippen LogP contribution in [0.3, 0.4) is 0 Å². The van der Waals surface area contributed by atoms with Gasteiger partial charge in [0.05, 0.1) is 12.8 Å². The molecule has 4 aromatic rings. The van der Waals surface area contributed by atoms with Crippen LogP contribution in [0.1, 0.15) is 77.3 Å². The largest absolute Gasteiger partial charge is 0.497 e. The minimum atomic E-state index is -4.66. The fraction of sp³-hybridized carbons (Fsp3) is 0.419. The molecular weight excluding hydrogens is 545 g/mol. The summed E-state index contributed by atoms with van der Waals surface area (Å²) in [6.45, 7) is 4.91. The lowest BCUT2D eigenvalue weighted by Gasteiger charge is -2.25. The molecule has 0 radical (unpaired) electrons. The third kappa shape index (κ3) is 6.25. The topological polar surface area (TPSA) is 78.1 Å². The molecule has 0 amide bonds. The number of pyridine rings is 1. The number of rotatable bonds is 12. The van der Waals surface area contributed by atoms with Crippen LogP contribution in [0, 0.1) is 0 Å². The molecule has 222 valence electrons. The van der Waals surface area contributed by atoms with Gasteiger partial charge < -0.3 is 9.30 Å². The number of ether oxygens (including phenoxy) is 1. The van der Waals surface area contributed by atoms with Gasteiger partial charge in [-0.1, -0.05) is 0 Å². The summed E-state index contributed by atoms with van der Waals surface area (Å²) in [4.78, 5) is 23.5. The van der Waals surface area contributed by atoms with Crippen molar-refractivity contribution < 1.29 is 22.7 Å². The summed E-state index contributed by atoms with van der Waals surface area (Å²) in [7, 11) is 3.52. The number of nitrogens with zero attached hydrogens (tertiary/aromatic N) is 6.